The van der Waals surface area contributed by atoms with Crippen LogP contribution in [0.25, 0.3) is 0 Å². The fourth-order valence-electron chi connectivity index (χ4n) is 1.33. The highest BCUT2D eigenvalue weighted by molar-refractivity contribution is 9.10. The number of rotatable bonds is 0. The molecule has 1 aromatic heterocycles. The predicted molar refractivity (Wildman–Crippen MR) is 47.3 cm³/mol. The van der Waals surface area contributed by atoms with E-state index >= 15 is 0 Å². The highest BCUT2D eigenvalue weighted by Gasteiger charge is 2.08. The number of hydrogen-bond donors (Lipinski definition) is 1. The van der Waals surface area contributed by atoms with E-state index in [1.165, 1.54) is 11.1 Å². The molecule has 1 aromatic rings. The quantitative estimate of drug-likeness (QED) is 0.660. The van der Waals surface area contributed by atoms with E-state index in [0.717, 1.165) is 24.1 Å². The molecular weight excluding hydrogens is 204 g/mol. The average Bonchev–Trinajstić information content (AvgIpc) is 2.04. The summed E-state index contributed by atoms with van der Waals surface area (Å²) in [4.78, 5) is 4.17. The second-order valence-corrected chi connectivity index (χ2v) is 3.51. The smallest absolute Gasteiger partial charge is 0.106 e. The van der Waals surface area contributed by atoms with E-state index in [0.29, 0.717) is 0 Å². The molecule has 1 N–H and O–H groups in total. The third-order valence-electron chi connectivity index (χ3n) is 1.94. The van der Waals surface area contributed by atoms with Gasteiger partial charge < -0.3 is 5.32 Å². The maximum Gasteiger partial charge on any atom is 0.106 e. The highest BCUT2D eigenvalue weighted by Crippen LogP contribution is 2.16. The van der Waals surface area contributed by atoms with Crippen molar-refractivity contribution in [1.29, 1.82) is 0 Å². The Morgan fingerprint density at radius 2 is 2.36 bits per heavy atom. The van der Waals surface area contributed by atoms with Gasteiger partial charge in [0.2, 0.25) is 0 Å². The van der Waals surface area contributed by atoms with Crippen LogP contribution in [0.4, 0.5) is 0 Å². The Balaban J connectivity index is 2.43. The molecule has 2 heterocycles. The van der Waals surface area contributed by atoms with Crippen LogP contribution in [0.3, 0.4) is 0 Å². The lowest BCUT2D eigenvalue weighted by molar-refractivity contribution is 0.640. The molecule has 11 heavy (non-hydrogen) atoms. The van der Waals surface area contributed by atoms with Crippen molar-refractivity contribution >= 4 is 15.9 Å². The minimum atomic E-state index is 0.943. The number of nitrogens with one attached hydrogen (secondary N) is 1. The summed E-state index contributed by atoms with van der Waals surface area (Å²) in [6.07, 6.45) is 3.06. The monoisotopic (exact) mass is 212 g/mol. The zero-order chi connectivity index (χ0) is 7.68. The first-order chi connectivity index (χ1) is 5.36. The van der Waals surface area contributed by atoms with Crippen molar-refractivity contribution in [2.75, 3.05) is 6.54 Å². The lowest BCUT2D eigenvalue weighted by Gasteiger charge is -2.15. The summed E-state index contributed by atoms with van der Waals surface area (Å²) in [5, 5.41) is 3.31. The van der Waals surface area contributed by atoms with Gasteiger partial charge in [0.1, 0.15) is 4.60 Å². The second-order valence-electron chi connectivity index (χ2n) is 2.70. The summed E-state index contributed by atoms with van der Waals surface area (Å²) in [7, 11) is 0. The van der Waals surface area contributed by atoms with Crippen LogP contribution < -0.4 is 5.32 Å². The first-order valence-electron chi connectivity index (χ1n) is 3.70. The first-order valence-corrected chi connectivity index (χ1v) is 4.49. The maximum absolute atomic E-state index is 4.17. The number of halogens is 1. The molecular formula is C8H9BrN2. The summed E-state index contributed by atoms with van der Waals surface area (Å²) in [5.74, 6) is 0. The molecule has 0 saturated heterocycles. The van der Waals surface area contributed by atoms with Gasteiger partial charge in [-0.1, -0.05) is 0 Å². The normalized spacial score (nSPS) is 16.1. The summed E-state index contributed by atoms with van der Waals surface area (Å²) < 4.78 is 0.943. The van der Waals surface area contributed by atoms with E-state index in [2.05, 4.69) is 32.3 Å². The Morgan fingerprint density at radius 3 is 3.27 bits per heavy atom. The highest BCUT2D eigenvalue weighted by atomic mass is 79.9. The van der Waals surface area contributed by atoms with Gasteiger partial charge in [-0.05, 0) is 46.1 Å². The molecule has 3 heteroatoms. The molecule has 0 spiro atoms. The summed E-state index contributed by atoms with van der Waals surface area (Å²) in [6.45, 7) is 2.05. The van der Waals surface area contributed by atoms with Crippen LogP contribution in [-0.2, 0) is 13.0 Å². The van der Waals surface area contributed by atoms with Gasteiger partial charge in [0.25, 0.3) is 0 Å². The lowest BCUT2D eigenvalue weighted by atomic mass is 10.0. The van der Waals surface area contributed by atoms with Crippen molar-refractivity contribution in [3.63, 3.8) is 0 Å². The van der Waals surface area contributed by atoms with Crippen LogP contribution in [0.1, 0.15) is 11.1 Å². The molecule has 1 aliphatic rings. The lowest BCUT2D eigenvalue weighted by Crippen LogP contribution is -2.23. The Kier molecular flexibility index (Phi) is 1.92. The van der Waals surface area contributed by atoms with Gasteiger partial charge in [0.05, 0.1) is 0 Å². The zero-order valence-electron chi connectivity index (χ0n) is 6.10. The second kappa shape index (κ2) is 2.91. The van der Waals surface area contributed by atoms with Crippen molar-refractivity contribution in [2.45, 2.75) is 13.0 Å². The first kappa shape index (κ1) is 7.25. The van der Waals surface area contributed by atoms with E-state index < -0.39 is 0 Å². The SMILES string of the molecule is Brc1cc2c(cn1)CNCC2. The molecule has 0 bridgehead atoms. The Hall–Kier alpha value is -0.410. The molecule has 58 valence electrons. The number of pyridine rings is 1. The van der Waals surface area contributed by atoms with Crippen LogP contribution in [0.5, 0.6) is 0 Å². The Bertz CT molecular complexity index is 273. The van der Waals surface area contributed by atoms with Gasteiger partial charge in [-0.15, -0.1) is 0 Å². The van der Waals surface area contributed by atoms with Gasteiger partial charge in [-0.25, -0.2) is 4.98 Å². The number of aromatic nitrogens is 1. The maximum atomic E-state index is 4.17. The van der Waals surface area contributed by atoms with E-state index in [1.807, 2.05) is 6.20 Å². The fourth-order valence-corrected chi connectivity index (χ4v) is 1.71. The fraction of sp³-hybridized carbons (Fsp3) is 0.375. The minimum Gasteiger partial charge on any atom is -0.312 e. The van der Waals surface area contributed by atoms with E-state index in [-0.39, 0.29) is 0 Å². The molecule has 0 fully saturated rings. The molecule has 0 amide bonds. The molecule has 2 nitrogen and oxygen atoms in total. The third kappa shape index (κ3) is 1.44. The summed E-state index contributed by atoms with van der Waals surface area (Å²) >= 11 is 3.36. The van der Waals surface area contributed by atoms with Crippen molar-refractivity contribution in [3.05, 3.63) is 28.0 Å². The molecule has 0 saturated carbocycles. The van der Waals surface area contributed by atoms with E-state index in [1.54, 1.807) is 0 Å². The van der Waals surface area contributed by atoms with Gasteiger partial charge in [0, 0.05) is 12.7 Å². The summed E-state index contributed by atoms with van der Waals surface area (Å²) in [6, 6.07) is 2.11. The predicted octanol–water partition coefficient (Wildman–Crippen LogP) is 1.49. The molecule has 1 aliphatic heterocycles. The van der Waals surface area contributed by atoms with Gasteiger partial charge in [0.15, 0.2) is 0 Å². The topological polar surface area (TPSA) is 24.9 Å². The average molecular weight is 213 g/mol. The summed E-state index contributed by atoms with van der Waals surface area (Å²) in [5.41, 5.74) is 2.75. The minimum absolute atomic E-state index is 0.943. The van der Waals surface area contributed by atoms with Gasteiger partial charge in [-0.3, -0.25) is 0 Å². The molecule has 0 aliphatic carbocycles. The number of fused-ring (bicyclic) bond motifs is 1. The molecule has 0 aromatic carbocycles. The van der Waals surface area contributed by atoms with Crippen LogP contribution in [0.15, 0.2) is 16.9 Å². The molecule has 0 unspecified atom stereocenters. The van der Waals surface area contributed by atoms with Crippen molar-refractivity contribution < 1.29 is 0 Å². The van der Waals surface area contributed by atoms with Crippen molar-refractivity contribution in [2.24, 2.45) is 0 Å². The molecule has 0 radical (unpaired) electrons. The van der Waals surface area contributed by atoms with Crippen LogP contribution in [-0.4, -0.2) is 11.5 Å². The largest absolute Gasteiger partial charge is 0.312 e. The Morgan fingerprint density at radius 1 is 1.45 bits per heavy atom. The van der Waals surface area contributed by atoms with E-state index in [4.69, 9.17) is 0 Å². The van der Waals surface area contributed by atoms with E-state index in [9.17, 15) is 0 Å². The number of hydrogen-bond acceptors (Lipinski definition) is 2. The Labute approximate surface area is 74.2 Å². The van der Waals surface area contributed by atoms with Crippen LogP contribution >= 0.6 is 15.9 Å². The van der Waals surface area contributed by atoms with Gasteiger partial charge in [-0.2, -0.15) is 0 Å². The van der Waals surface area contributed by atoms with Gasteiger partial charge >= 0.3 is 0 Å². The number of nitrogens with zero attached hydrogens (tertiary/aromatic N) is 1. The zero-order valence-corrected chi connectivity index (χ0v) is 7.69. The molecule has 0 atom stereocenters. The molecule has 2 rings (SSSR count). The third-order valence-corrected chi connectivity index (χ3v) is 2.37. The van der Waals surface area contributed by atoms with Crippen molar-refractivity contribution in [3.8, 4) is 0 Å². The van der Waals surface area contributed by atoms with Crippen molar-refractivity contribution in [1.82, 2.24) is 10.3 Å². The van der Waals surface area contributed by atoms with Crippen LogP contribution in [0, 0.1) is 0 Å². The standard InChI is InChI=1S/C8H9BrN2/c9-8-3-6-1-2-10-4-7(6)5-11-8/h3,5,10H,1-2,4H2. The van der Waals surface area contributed by atoms with Crippen LogP contribution in [0.2, 0.25) is 0 Å².